The van der Waals surface area contributed by atoms with Gasteiger partial charge in [-0.25, -0.2) is 9.37 Å². The van der Waals surface area contributed by atoms with Crippen LogP contribution in [-0.2, 0) is 6.54 Å². The molecule has 0 radical (unpaired) electrons. The fourth-order valence-electron chi connectivity index (χ4n) is 4.50. The maximum absolute atomic E-state index is 15.0. The molecule has 39 heavy (non-hydrogen) atoms. The smallest absolute Gasteiger partial charge is 0.273 e. The van der Waals surface area contributed by atoms with E-state index in [4.69, 9.17) is 9.40 Å². The van der Waals surface area contributed by atoms with Crippen molar-refractivity contribution in [3.63, 3.8) is 0 Å². The lowest BCUT2D eigenvalue weighted by Crippen LogP contribution is -2.37. The summed E-state index contributed by atoms with van der Waals surface area (Å²) in [6, 6.07) is 19.2. The lowest BCUT2D eigenvalue weighted by molar-refractivity contribution is -0.385. The van der Waals surface area contributed by atoms with E-state index in [0.29, 0.717) is 16.8 Å². The van der Waals surface area contributed by atoms with Crippen molar-refractivity contribution in [2.75, 3.05) is 0 Å². The Morgan fingerprint density at radius 1 is 1.10 bits per heavy atom. The highest BCUT2D eigenvalue weighted by molar-refractivity contribution is 5.95. The van der Waals surface area contributed by atoms with Crippen LogP contribution >= 0.6 is 0 Å². The molecular formula is C29H23FN4O5. The van der Waals surface area contributed by atoms with E-state index in [9.17, 15) is 19.7 Å². The highest BCUT2D eigenvalue weighted by Crippen LogP contribution is 2.28. The third-order valence-corrected chi connectivity index (χ3v) is 6.56. The molecule has 0 N–H and O–H groups in total. The molecule has 0 fully saturated rings. The summed E-state index contributed by atoms with van der Waals surface area (Å²) in [5.41, 5.74) is 0.160. The number of halogens is 1. The number of furan rings is 1. The minimum Gasteiger partial charge on any atom is -0.467 e. The summed E-state index contributed by atoms with van der Waals surface area (Å²) in [5, 5.41) is 11.8. The lowest BCUT2D eigenvalue weighted by atomic mass is 10.1. The number of nitro benzene ring substituents is 1. The van der Waals surface area contributed by atoms with Crippen molar-refractivity contribution < 1.29 is 18.5 Å². The predicted molar refractivity (Wildman–Crippen MR) is 142 cm³/mol. The number of aryl methyl sites for hydroxylation is 1. The minimum absolute atomic E-state index is 0.0148. The van der Waals surface area contributed by atoms with Crippen molar-refractivity contribution in [2.24, 2.45) is 0 Å². The van der Waals surface area contributed by atoms with Gasteiger partial charge in [-0.3, -0.25) is 24.3 Å². The van der Waals surface area contributed by atoms with Crippen LogP contribution in [-0.4, -0.2) is 25.3 Å². The highest BCUT2D eigenvalue weighted by atomic mass is 19.1. The first-order chi connectivity index (χ1) is 18.8. The van der Waals surface area contributed by atoms with Crippen LogP contribution in [0.1, 0.15) is 40.5 Å². The maximum atomic E-state index is 15.0. The minimum atomic E-state index is -0.889. The predicted octanol–water partition coefficient (Wildman–Crippen LogP) is 5.74. The summed E-state index contributed by atoms with van der Waals surface area (Å²) in [6.07, 6.45) is 1.46. The van der Waals surface area contributed by atoms with Crippen molar-refractivity contribution in [3.8, 4) is 5.69 Å². The first-order valence-corrected chi connectivity index (χ1v) is 12.1. The number of hydrogen-bond donors (Lipinski definition) is 0. The number of aromatic nitrogens is 2. The fraction of sp³-hybridized carbons (Fsp3) is 0.138. The summed E-state index contributed by atoms with van der Waals surface area (Å²) >= 11 is 0. The van der Waals surface area contributed by atoms with Gasteiger partial charge in [0.2, 0.25) is 0 Å². The van der Waals surface area contributed by atoms with Gasteiger partial charge in [0.1, 0.15) is 17.4 Å². The number of amides is 1. The van der Waals surface area contributed by atoms with Crippen molar-refractivity contribution in [1.82, 2.24) is 14.5 Å². The van der Waals surface area contributed by atoms with Gasteiger partial charge in [0, 0.05) is 17.2 Å². The molecule has 0 bridgehead atoms. The number of benzene rings is 3. The number of nitro groups is 1. The molecule has 1 atom stereocenters. The molecule has 0 saturated carbocycles. The Bertz CT molecular complexity index is 1760. The third-order valence-electron chi connectivity index (χ3n) is 6.56. The number of fused-ring (bicyclic) bond motifs is 1. The van der Waals surface area contributed by atoms with Gasteiger partial charge in [0.05, 0.1) is 40.4 Å². The van der Waals surface area contributed by atoms with Gasteiger partial charge >= 0.3 is 0 Å². The molecule has 0 saturated heterocycles. The summed E-state index contributed by atoms with van der Waals surface area (Å²) in [6.45, 7) is 3.22. The number of carbonyl (C=O) groups excluding carboxylic acids is 1. The molecule has 9 nitrogen and oxygen atoms in total. The van der Waals surface area contributed by atoms with Crippen molar-refractivity contribution in [3.05, 3.63) is 134 Å². The second-order valence-electron chi connectivity index (χ2n) is 9.03. The Labute approximate surface area is 221 Å². The van der Waals surface area contributed by atoms with Crippen LogP contribution in [0.4, 0.5) is 10.1 Å². The average Bonchev–Trinajstić information content (AvgIpc) is 3.45. The number of para-hydroxylation sites is 2. The molecule has 2 aromatic heterocycles. The Morgan fingerprint density at radius 2 is 1.85 bits per heavy atom. The van der Waals surface area contributed by atoms with Crippen LogP contribution in [0.25, 0.3) is 16.6 Å². The van der Waals surface area contributed by atoms with E-state index in [2.05, 4.69) is 0 Å². The first-order valence-electron chi connectivity index (χ1n) is 12.1. The summed E-state index contributed by atoms with van der Waals surface area (Å²) in [7, 11) is 0. The van der Waals surface area contributed by atoms with E-state index < -0.39 is 28.2 Å². The number of rotatable bonds is 7. The van der Waals surface area contributed by atoms with Gasteiger partial charge in [-0.05, 0) is 56.3 Å². The Balaban J connectivity index is 1.71. The van der Waals surface area contributed by atoms with E-state index in [1.165, 1.54) is 52.1 Å². The molecule has 0 aliphatic carbocycles. The van der Waals surface area contributed by atoms with Crippen molar-refractivity contribution in [2.45, 2.75) is 26.4 Å². The standard InChI is InChI=1S/C29H23FN4O5/c1-18-13-14-20(16-26(18)34(37)38)28(35)32(17-21-8-7-15-39-21)19(2)27-31-24-11-5-3-9-22(24)29(36)33(27)25-12-6-4-10-23(25)30/h3-16,19H,17H2,1-2H3. The summed E-state index contributed by atoms with van der Waals surface area (Å²) in [4.78, 5) is 44.7. The molecule has 2 heterocycles. The Morgan fingerprint density at radius 3 is 2.56 bits per heavy atom. The normalized spacial score (nSPS) is 11.9. The Kier molecular flexibility index (Phi) is 6.76. The van der Waals surface area contributed by atoms with Crippen LogP contribution < -0.4 is 5.56 Å². The van der Waals surface area contributed by atoms with Crippen LogP contribution in [0, 0.1) is 22.9 Å². The van der Waals surface area contributed by atoms with E-state index in [-0.39, 0.29) is 34.7 Å². The molecule has 5 rings (SSSR count). The van der Waals surface area contributed by atoms with Crippen LogP contribution in [0.5, 0.6) is 0 Å². The van der Waals surface area contributed by atoms with E-state index >= 15 is 4.39 Å². The van der Waals surface area contributed by atoms with Crippen LogP contribution in [0.15, 0.2) is 94.3 Å². The lowest BCUT2D eigenvalue weighted by Gasteiger charge is -2.30. The highest BCUT2D eigenvalue weighted by Gasteiger charge is 2.30. The molecule has 0 spiro atoms. The molecule has 10 heteroatoms. The van der Waals surface area contributed by atoms with Crippen LogP contribution in [0.2, 0.25) is 0 Å². The van der Waals surface area contributed by atoms with E-state index in [1.807, 2.05) is 0 Å². The zero-order valence-electron chi connectivity index (χ0n) is 21.1. The number of carbonyl (C=O) groups is 1. The van der Waals surface area contributed by atoms with Gasteiger partial charge in [-0.2, -0.15) is 0 Å². The second-order valence-corrected chi connectivity index (χ2v) is 9.03. The third kappa shape index (κ3) is 4.79. The molecule has 1 amide bonds. The molecule has 1 unspecified atom stereocenters. The molecular weight excluding hydrogens is 503 g/mol. The van der Waals surface area contributed by atoms with Gasteiger partial charge in [0.15, 0.2) is 0 Å². The molecule has 0 aliphatic rings. The maximum Gasteiger partial charge on any atom is 0.273 e. The summed E-state index contributed by atoms with van der Waals surface area (Å²) in [5.74, 6) is -0.629. The molecule has 5 aromatic rings. The zero-order valence-corrected chi connectivity index (χ0v) is 21.1. The Hall–Kier alpha value is -5.12. The van der Waals surface area contributed by atoms with Crippen molar-refractivity contribution in [1.29, 1.82) is 0 Å². The number of nitrogens with zero attached hydrogens (tertiary/aromatic N) is 4. The fourth-order valence-corrected chi connectivity index (χ4v) is 4.50. The monoisotopic (exact) mass is 526 g/mol. The van der Waals surface area contributed by atoms with Gasteiger partial charge < -0.3 is 9.32 Å². The largest absolute Gasteiger partial charge is 0.467 e. The molecule has 3 aromatic carbocycles. The van der Waals surface area contributed by atoms with E-state index in [0.717, 1.165) is 0 Å². The van der Waals surface area contributed by atoms with Crippen molar-refractivity contribution >= 4 is 22.5 Å². The SMILES string of the molecule is Cc1ccc(C(=O)N(Cc2ccco2)C(C)c2nc3ccccc3c(=O)n2-c2ccccc2F)cc1[N+](=O)[O-]. The second kappa shape index (κ2) is 10.3. The van der Waals surface area contributed by atoms with Gasteiger partial charge in [0.25, 0.3) is 17.2 Å². The number of hydrogen-bond acceptors (Lipinski definition) is 6. The quantitative estimate of drug-likeness (QED) is 0.198. The summed E-state index contributed by atoms with van der Waals surface area (Å²) < 4.78 is 21.7. The molecule has 0 aliphatic heterocycles. The zero-order chi connectivity index (χ0) is 27.7. The van der Waals surface area contributed by atoms with Crippen LogP contribution in [0.3, 0.4) is 0 Å². The first kappa shape index (κ1) is 25.5. The molecule has 196 valence electrons. The average molecular weight is 527 g/mol. The van der Waals surface area contributed by atoms with E-state index in [1.54, 1.807) is 56.3 Å². The topological polar surface area (TPSA) is 111 Å². The van der Waals surface area contributed by atoms with Gasteiger partial charge in [-0.1, -0.05) is 30.3 Å². The van der Waals surface area contributed by atoms with Gasteiger partial charge in [-0.15, -0.1) is 0 Å².